The summed E-state index contributed by atoms with van der Waals surface area (Å²) in [5.74, 6) is 0.282. The molecule has 2 heterocycles. The van der Waals surface area contributed by atoms with Gasteiger partial charge in [0.15, 0.2) is 0 Å². The number of aromatic nitrogens is 2. The van der Waals surface area contributed by atoms with Gasteiger partial charge >= 0.3 is 5.97 Å². The number of hydrogen-bond acceptors (Lipinski definition) is 4. The highest BCUT2D eigenvalue weighted by Crippen LogP contribution is 2.41. The van der Waals surface area contributed by atoms with E-state index in [0.717, 1.165) is 33.2 Å². The van der Waals surface area contributed by atoms with Crippen molar-refractivity contribution in [1.82, 2.24) is 9.78 Å². The van der Waals surface area contributed by atoms with Crippen LogP contribution >= 0.6 is 0 Å². The third-order valence-electron chi connectivity index (χ3n) is 5.79. The molecule has 0 saturated heterocycles. The molecule has 0 saturated carbocycles. The second-order valence-electron chi connectivity index (χ2n) is 8.17. The molecule has 6 nitrogen and oxygen atoms in total. The van der Waals surface area contributed by atoms with E-state index in [4.69, 9.17) is 4.74 Å². The van der Waals surface area contributed by atoms with Crippen LogP contribution in [0.1, 0.15) is 53.9 Å². The smallest absolute Gasteiger partial charge is 0.337 e. The van der Waals surface area contributed by atoms with E-state index in [-0.39, 0.29) is 11.6 Å². The highest BCUT2D eigenvalue weighted by molar-refractivity contribution is 5.94. The zero-order chi connectivity index (χ0) is 25.1. The number of aromatic carboxylic acids is 1. The zero-order valence-corrected chi connectivity index (χ0v) is 20.4. The van der Waals surface area contributed by atoms with Crippen molar-refractivity contribution in [2.24, 2.45) is 0 Å². The molecule has 0 bridgehead atoms. The lowest BCUT2D eigenvalue weighted by Gasteiger charge is -2.26. The van der Waals surface area contributed by atoms with Crippen LogP contribution in [-0.2, 0) is 0 Å². The molecule has 5 rings (SSSR count). The average molecular weight is 468 g/mol. The van der Waals surface area contributed by atoms with Gasteiger partial charge in [-0.1, -0.05) is 56.8 Å². The SMILES string of the molecule is C=C1C=C(n2ncc3ccccc32)Oc2c1cc(C)cc2C(C)Nc1ccccc1C(=O)O.CC. The van der Waals surface area contributed by atoms with Gasteiger partial charge in [-0.25, -0.2) is 9.48 Å². The van der Waals surface area contributed by atoms with Gasteiger partial charge in [0.25, 0.3) is 0 Å². The first-order valence-corrected chi connectivity index (χ1v) is 11.7. The van der Waals surface area contributed by atoms with E-state index in [2.05, 4.69) is 23.1 Å². The van der Waals surface area contributed by atoms with Crippen molar-refractivity contribution < 1.29 is 14.6 Å². The number of benzene rings is 3. The summed E-state index contributed by atoms with van der Waals surface area (Å²) in [5.41, 5.74) is 5.43. The molecule has 1 aliphatic rings. The van der Waals surface area contributed by atoms with Crippen LogP contribution in [-0.4, -0.2) is 20.9 Å². The molecule has 0 aliphatic carbocycles. The van der Waals surface area contributed by atoms with E-state index >= 15 is 0 Å². The van der Waals surface area contributed by atoms with E-state index in [1.54, 1.807) is 29.1 Å². The van der Waals surface area contributed by atoms with Crippen LogP contribution in [0.25, 0.3) is 22.4 Å². The minimum absolute atomic E-state index is 0.222. The minimum atomic E-state index is -0.975. The molecule has 0 radical (unpaired) electrons. The number of hydrogen-bond donors (Lipinski definition) is 2. The van der Waals surface area contributed by atoms with Gasteiger partial charge in [0.1, 0.15) is 5.75 Å². The Morgan fingerprint density at radius 2 is 1.83 bits per heavy atom. The van der Waals surface area contributed by atoms with Crippen molar-refractivity contribution in [1.29, 1.82) is 0 Å². The van der Waals surface area contributed by atoms with Gasteiger partial charge in [0.05, 0.1) is 23.3 Å². The summed E-state index contributed by atoms with van der Waals surface area (Å²) in [6.07, 6.45) is 3.70. The Kier molecular flexibility index (Phi) is 6.73. The van der Waals surface area contributed by atoms with Crippen molar-refractivity contribution >= 4 is 34.0 Å². The van der Waals surface area contributed by atoms with Gasteiger partial charge in [-0.2, -0.15) is 5.10 Å². The second-order valence-corrected chi connectivity index (χ2v) is 8.17. The molecule has 3 aromatic carbocycles. The summed E-state index contributed by atoms with van der Waals surface area (Å²) >= 11 is 0. The van der Waals surface area contributed by atoms with E-state index in [1.165, 1.54) is 0 Å². The zero-order valence-electron chi connectivity index (χ0n) is 20.4. The van der Waals surface area contributed by atoms with Crippen molar-refractivity contribution in [3.63, 3.8) is 0 Å². The number of allylic oxidation sites excluding steroid dienone is 2. The monoisotopic (exact) mass is 467 g/mol. The lowest BCUT2D eigenvalue weighted by molar-refractivity contribution is 0.0698. The van der Waals surface area contributed by atoms with Crippen molar-refractivity contribution in [2.75, 3.05) is 5.32 Å². The molecule has 0 fully saturated rings. The fourth-order valence-electron chi connectivity index (χ4n) is 4.19. The van der Waals surface area contributed by atoms with Crippen LogP contribution in [0.4, 0.5) is 5.69 Å². The summed E-state index contributed by atoms with van der Waals surface area (Å²) < 4.78 is 8.19. The number of ether oxygens (including phenoxy) is 1. The van der Waals surface area contributed by atoms with E-state index in [0.29, 0.717) is 17.3 Å². The normalized spacial score (nSPS) is 13.1. The van der Waals surface area contributed by atoms with Gasteiger partial charge in [0, 0.05) is 28.3 Å². The molecular formula is C29H29N3O3. The van der Waals surface area contributed by atoms with Gasteiger partial charge < -0.3 is 15.2 Å². The Bertz CT molecular complexity index is 1450. The molecule has 0 amide bonds. The highest BCUT2D eigenvalue weighted by Gasteiger charge is 2.25. The first kappa shape index (κ1) is 23.8. The number of carboxylic acid groups (broad SMARTS) is 1. The summed E-state index contributed by atoms with van der Waals surface area (Å²) in [6.45, 7) is 12.3. The average Bonchev–Trinajstić information content (AvgIpc) is 3.29. The number of carboxylic acids is 1. The molecule has 1 atom stereocenters. The Morgan fingerprint density at radius 3 is 2.60 bits per heavy atom. The molecule has 0 spiro atoms. The molecule has 178 valence electrons. The molecule has 1 unspecified atom stereocenters. The summed E-state index contributed by atoms with van der Waals surface area (Å²) in [5, 5.41) is 18.4. The van der Waals surface area contributed by atoms with Crippen molar-refractivity contribution in [3.05, 3.63) is 102 Å². The van der Waals surface area contributed by atoms with Crippen LogP contribution in [0.2, 0.25) is 0 Å². The Hall–Kier alpha value is -4.32. The van der Waals surface area contributed by atoms with Crippen molar-refractivity contribution in [2.45, 2.75) is 33.7 Å². The summed E-state index contributed by atoms with van der Waals surface area (Å²) in [7, 11) is 0. The predicted molar refractivity (Wildman–Crippen MR) is 142 cm³/mol. The lowest BCUT2D eigenvalue weighted by atomic mass is 9.94. The van der Waals surface area contributed by atoms with Gasteiger partial charge in [-0.3, -0.25) is 0 Å². The standard InChI is InChI=1S/C27H23N3O3.C2H6/c1-16-12-21-17(2)14-25(30-24-11-7-4-8-19(24)15-28-30)33-26(21)22(13-16)18(3)29-23-10-6-5-9-20(23)27(31)32;1-2/h4-15,18,29H,2H2,1,3H3,(H,31,32);1-2H3. The maximum atomic E-state index is 11.7. The molecule has 4 aromatic rings. The Morgan fingerprint density at radius 1 is 1.11 bits per heavy atom. The third-order valence-corrected chi connectivity index (χ3v) is 5.79. The minimum Gasteiger partial charge on any atom is -0.478 e. The lowest BCUT2D eigenvalue weighted by Crippen LogP contribution is -2.16. The van der Waals surface area contributed by atoms with E-state index in [1.807, 2.05) is 70.2 Å². The fourth-order valence-corrected chi connectivity index (χ4v) is 4.19. The van der Waals surface area contributed by atoms with Crippen LogP contribution < -0.4 is 10.1 Å². The molecule has 6 heteroatoms. The van der Waals surface area contributed by atoms with Crippen LogP contribution in [0.3, 0.4) is 0 Å². The van der Waals surface area contributed by atoms with Crippen LogP contribution in [0, 0.1) is 6.92 Å². The number of aryl methyl sites for hydroxylation is 1. The number of nitrogens with zero attached hydrogens (tertiary/aromatic N) is 2. The molecular weight excluding hydrogens is 438 g/mol. The third kappa shape index (κ3) is 4.55. The van der Waals surface area contributed by atoms with E-state index < -0.39 is 5.97 Å². The second kappa shape index (κ2) is 9.89. The van der Waals surface area contributed by atoms with Gasteiger partial charge in [-0.05, 0) is 49.2 Å². The number of carbonyl (C=O) groups is 1. The van der Waals surface area contributed by atoms with Gasteiger partial charge in [-0.15, -0.1) is 0 Å². The quantitative estimate of drug-likeness (QED) is 0.326. The fraction of sp³-hybridized carbons (Fsp3) is 0.172. The number of rotatable bonds is 5. The number of para-hydroxylation sites is 2. The molecule has 2 N–H and O–H groups in total. The Labute approximate surface area is 205 Å². The number of fused-ring (bicyclic) bond motifs is 2. The van der Waals surface area contributed by atoms with E-state index in [9.17, 15) is 9.90 Å². The molecule has 35 heavy (non-hydrogen) atoms. The maximum Gasteiger partial charge on any atom is 0.337 e. The molecule has 1 aliphatic heterocycles. The highest BCUT2D eigenvalue weighted by atomic mass is 16.5. The number of anilines is 1. The predicted octanol–water partition coefficient (Wildman–Crippen LogP) is 7.15. The number of nitrogens with one attached hydrogen (secondary N) is 1. The van der Waals surface area contributed by atoms with Crippen LogP contribution in [0.5, 0.6) is 5.75 Å². The van der Waals surface area contributed by atoms with Gasteiger partial charge in [0.2, 0.25) is 5.88 Å². The van der Waals surface area contributed by atoms with Crippen molar-refractivity contribution in [3.8, 4) is 5.75 Å². The maximum absolute atomic E-state index is 11.7. The molecule has 1 aromatic heterocycles. The largest absolute Gasteiger partial charge is 0.478 e. The summed E-state index contributed by atoms with van der Waals surface area (Å²) in [6, 6.07) is 18.7. The topological polar surface area (TPSA) is 76.4 Å². The first-order valence-electron chi connectivity index (χ1n) is 11.7. The van der Waals surface area contributed by atoms with Crippen LogP contribution in [0.15, 0.2) is 79.5 Å². The Balaban J connectivity index is 0.00000141. The summed E-state index contributed by atoms with van der Waals surface area (Å²) in [4.78, 5) is 11.7. The first-order chi connectivity index (χ1) is 16.9.